The number of allylic oxidation sites excluding steroid dienone is 1. The molecule has 3 atom stereocenters. The van der Waals surface area contributed by atoms with Crippen molar-refractivity contribution in [1.29, 1.82) is 0 Å². The number of methoxy groups -OCH3 is 1. The van der Waals surface area contributed by atoms with Gasteiger partial charge in [0.05, 0.1) is 13.2 Å². The zero-order valence-corrected chi connectivity index (χ0v) is 23.0. The van der Waals surface area contributed by atoms with Crippen molar-refractivity contribution in [2.75, 3.05) is 7.11 Å². The molecule has 1 aliphatic rings. The van der Waals surface area contributed by atoms with E-state index in [0.717, 1.165) is 29.2 Å². The maximum atomic E-state index is 13.0. The fraction of sp³-hybridized carbons (Fsp3) is 0.562. The molecule has 2 aromatic carbocycles. The summed E-state index contributed by atoms with van der Waals surface area (Å²) < 4.78 is 10.8. The molecule has 0 spiro atoms. The number of hydrogen-bond donors (Lipinski definition) is 0. The van der Waals surface area contributed by atoms with E-state index < -0.39 is 24.2 Å². The van der Waals surface area contributed by atoms with Crippen molar-refractivity contribution in [3.05, 3.63) is 60.2 Å². The second-order valence-corrected chi connectivity index (χ2v) is 10.2. The van der Waals surface area contributed by atoms with Crippen LogP contribution in [0.5, 0.6) is 0 Å². The van der Waals surface area contributed by atoms with Gasteiger partial charge in [0.25, 0.3) is 0 Å². The SMILES string of the molecule is CCCCCCCCCCCCCC=CC1OC(=O)N(C(C)c2cccc3ccccc23)C1C(=O)OC. The highest BCUT2D eigenvalue weighted by molar-refractivity contribution is 5.89. The summed E-state index contributed by atoms with van der Waals surface area (Å²) in [5.74, 6) is -0.456. The Labute approximate surface area is 223 Å². The van der Waals surface area contributed by atoms with Crippen LogP contribution in [0.4, 0.5) is 4.79 Å². The highest BCUT2D eigenvalue weighted by Crippen LogP contribution is 2.35. The highest BCUT2D eigenvalue weighted by Gasteiger charge is 2.48. The number of rotatable bonds is 16. The van der Waals surface area contributed by atoms with E-state index >= 15 is 0 Å². The zero-order valence-electron chi connectivity index (χ0n) is 23.0. The highest BCUT2D eigenvalue weighted by atomic mass is 16.6. The Hall–Kier alpha value is -2.82. The molecule has 5 heteroatoms. The number of carbonyl (C=O) groups is 2. The third-order valence-electron chi connectivity index (χ3n) is 7.49. The van der Waals surface area contributed by atoms with Gasteiger partial charge >= 0.3 is 12.1 Å². The van der Waals surface area contributed by atoms with Crippen molar-refractivity contribution in [2.45, 2.75) is 109 Å². The number of esters is 1. The molecule has 37 heavy (non-hydrogen) atoms. The third-order valence-corrected chi connectivity index (χ3v) is 7.49. The topological polar surface area (TPSA) is 55.8 Å². The molecule has 0 aromatic heterocycles. The molecule has 0 saturated carbocycles. The molecule has 0 aliphatic carbocycles. The first-order valence-electron chi connectivity index (χ1n) is 14.3. The summed E-state index contributed by atoms with van der Waals surface area (Å²) in [5, 5.41) is 2.15. The number of fused-ring (bicyclic) bond motifs is 1. The molecule has 1 amide bonds. The van der Waals surface area contributed by atoms with Crippen molar-refractivity contribution >= 4 is 22.8 Å². The minimum atomic E-state index is -0.806. The summed E-state index contributed by atoms with van der Waals surface area (Å²) in [6, 6.07) is 13.0. The molecular weight excluding hydrogens is 462 g/mol. The molecule has 5 nitrogen and oxygen atoms in total. The number of carbonyl (C=O) groups excluding carboxylic acids is 2. The minimum Gasteiger partial charge on any atom is -0.467 e. The van der Waals surface area contributed by atoms with E-state index in [9.17, 15) is 9.59 Å². The molecule has 3 rings (SSSR count). The molecule has 1 fully saturated rings. The third kappa shape index (κ3) is 8.08. The molecule has 0 radical (unpaired) electrons. The van der Waals surface area contributed by atoms with Crippen LogP contribution in [0.2, 0.25) is 0 Å². The van der Waals surface area contributed by atoms with Crippen LogP contribution in [0.15, 0.2) is 54.6 Å². The second kappa shape index (κ2) is 15.4. The van der Waals surface area contributed by atoms with Gasteiger partial charge in [0, 0.05) is 0 Å². The van der Waals surface area contributed by atoms with E-state index in [1.54, 1.807) is 0 Å². The van der Waals surface area contributed by atoms with Crippen LogP contribution in [0.25, 0.3) is 10.8 Å². The van der Waals surface area contributed by atoms with Crippen molar-refractivity contribution in [3.63, 3.8) is 0 Å². The number of nitrogens with zero attached hydrogens (tertiary/aromatic N) is 1. The van der Waals surface area contributed by atoms with Gasteiger partial charge in [-0.3, -0.25) is 4.90 Å². The summed E-state index contributed by atoms with van der Waals surface area (Å²) in [4.78, 5) is 27.3. The number of unbranched alkanes of at least 4 members (excludes halogenated alkanes) is 11. The normalized spacial score (nSPS) is 18.5. The van der Waals surface area contributed by atoms with Crippen LogP contribution in [0.3, 0.4) is 0 Å². The molecule has 3 unspecified atom stereocenters. The number of benzene rings is 2. The first-order valence-corrected chi connectivity index (χ1v) is 14.3. The van der Waals surface area contributed by atoms with E-state index in [4.69, 9.17) is 9.47 Å². The molecule has 1 aliphatic heterocycles. The number of ether oxygens (including phenoxy) is 2. The Kier molecular flexibility index (Phi) is 12.0. The largest absolute Gasteiger partial charge is 0.467 e. The molecule has 0 bridgehead atoms. The number of hydrogen-bond acceptors (Lipinski definition) is 4. The Morgan fingerprint density at radius 2 is 1.57 bits per heavy atom. The Morgan fingerprint density at radius 3 is 2.24 bits per heavy atom. The predicted octanol–water partition coefficient (Wildman–Crippen LogP) is 8.52. The average molecular weight is 508 g/mol. The fourth-order valence-corrected chi connectivity index (χ4v) is 5.35. The monoisotopic (exact) mass is 507 g/mol. The van der Waals surface area contributed by atoms with Crippen molar-refractivity contribution in [3.8, 4) is 0 Å². The van der Waals surface area contributed by atoms with Crippen molar-refractivity contribution in [2.24, 2.45) is 0 Å². The molecule has 0 N–H and O–H groups in total. The van der Waals surface area contributed by atoms with E-state index in [0.29, 0.717) is 0 Å². The summed E-state index contributed by atoms with van der Waals surface area (Å²) in [6.45, 7) is 4.20. The lowest BCUT2D eigenvalue weighted by molar-refractivity contribution is -0.146. The molecular formula is C32H45NO4. The van der Waals surface area contributed by atoms with E-state index in [1.807, 2.05) is 61.5 Å². The van der Waals surface area contributed by atoms with Crippen LogP contribution in [0, 0.1) is 0 Å². The zero-order chi connectivity index (χ0) is 26.5. The first-order chi connectivity index (χ1) is 18.1. The Bertz CT molecular complexity index is 1010. The molecule has 1 saturated heterocycles. The van der Waals surface area contributed by atoms with Crippen LogP contribution < -0.4 is 0 Å². The van der Waals surface area contributed by atoms with E-state index in [1.165, 1.54) is 76.2 Å². The van der Waals surface area contributed by atoms with Crippen LogP contribution in [0.1, 0.15) is 103 Å². The van der Waals surface area contributed by atoms with Crippen molar-refractivity contribution in [1.82, 2.24) is 4.90 Å². The summed E-state index contributed by atoms with van der Waals surface area (Å²) >= 11 is 0. The lowest BCUT2D eigenvalue weighted by Gasteiger charge is -2.28. The predicted molar refractivity (Wildman–Crippen MR) is 150 cm³/mol. The minimum absolute atomic E-state index is 0.340. The van der Waals surface area contributed by atoms with Gasteiger partial charge in [-0.2, -0.15) is 0 Å². The Morgan fingerprint density at radius 1 is 0.946 bits per heavy atom. The smallest absolute Gasteiger partial charge is 0.411 e. The van der Waals surface area contributed by atoms with Gasteiger partial charge in [0.2, 0.25) is 0 Å². The first kappa shape index (κ1) is 28.7. The van der Waals surface area contributed by atoms with Crippen molar-refractivity contribution < 1.29 is 19.1 Å². The number of amides is 1. The van der Waals surface area contributed by atoms with Gasteiger partial charge in [0.1, 0.15) is 0 Å². The van der Waals surface area contributed by atoms with E-state index in [2.05, 4.69) is 6.92 Å². The Balaban J connectivity index is 1.50. The average Bonchev–Trinajstić information content (AvgIpc) is 3.25. The summed E-state index contributed by atoms with van der Waals surface area (Å²) in [7, 11) is 1.36. The van der Waals surface area contributed by atoms with Crippen LogP contribution in [-0.2, 0) is 14.3 Å². The van der Waals surface area contributed by atoms with E-state index in [-0.39, 0.29) is 6.04 Å². The van der Waals surface area contributed by atoms with Gasteiger partial charge in [-0.25, -0.2) is 9.59 Å². The quantitative estimate of drug-likeness (QED) is 0.130. The van der Waals surface area contributed by atoms with Gasteiger partial charge in [-0.1, -0.05) is 120 Å². The molecule has 202 valence electrons. The fourth-order valence-electron chi connectivity index (χ4n) is 5.35. The number of cyclic esters (lactones) is 1. The molecule has 1 heterocycles. The second-order valence-electron chi connectivity index (χ2n) is 10.2. The van der Waals surface area contributed by atoms with Gasteiger partial charge in [-0.05, 0) is 42.2 Å². The summed E-state index contributed by atoms with van der Waals surface area (Å²) in [6.07, 6.45) is 18.1. The standard InChI is InChI=1S/C32H45NO4/c1-4-5-6-7-8-9-10-11-12-13-14-15-16-24-29-30(31(34)36-3)33(32(35)37-29)25(2)27-23-19-21-26-20-17-18-22-28(26)27/h16-25,29-30H,4-15H2,1-3H3. The van der Waals surface area contributed by atoms with Gasteiger partial charge < -0.3 is 9.47 Å². The van der Waals surface area contributed by atoms with Gasteiger partial charge in [0.15, 0.2) is 12.1 Å². The lowest BCUT2D eigenvalue weighted by Crippen LogP contribution is -2.44. The lowest BCUT2D eigenvalue weighted by atomic mass is 9.97. The van der Waals surface area contributed by atoms with Crippen LogP contribution in [-0.4, -0.2) is 36.2 Å². The maximum absolute atomic E-state index is 13.0. The molecule has 2 aromatic rings. The summed E-state index contributed by atoms with van der Waals surface area (Å²) in [5.41, 5.74) is 0.981. The van der Waals surface area contributed by atoms with Gasteiger partial charge in [-0.15, -0.1) is 0 Å². The maximum Gasteiger partial charge on any atom is 0.411 e. The van der Waals surface area contributed by atoms with Crippen LogP contribution >= 0.6 is 0 Å².